The zero-order valence-corrected chi connectivity index (χ0v) is 11.8. The Morgan fingerprint density at radius 3 is 2.76 bits per heavy atom. The van der Waals surface area contributed by atoms with E-state index in [4.69, 9.17) is 4.74 Å². The first-order chi connectivity index (χ1) is 10.1. The second-order valence-electron chi connectivity index (χ2n) is 6.15. The predicted octanol–water partition coefficient (Wildman–Crippen LogP) is 3.37. The molecule has 0 spiro atoms. The quantitative estimate of drug-likeness (QED) is 0.868. The Labute approximate surface area is 122 Å². The van der Waals surface area contributed by atoms with Gasteiger partial charge in [0.05, 0.1) is 11.6 Å². The fraction of sp³-hybridized carbons (Fsp3) is 0.412. The van der Waals surface area contributed by atoms with E-state index in [0.717, 1.165) is 18.4 Å². The molecule has 0 N–H and O–H groups in total. The molecular weight excluding hydrogens is 269 g/mol. The molecule has 2 fully saturated rings. The van der Waals surface area contributed by atoms with Gasteiger partial charge in [-0.1, -0.05) is 0 Å². The van der Waals surface area contributed by atoms with Gasteiger partial charge >= 0.3 is 0 Å². The van der Waals surface area contributed by atoms with Crippen molar-refractivity contribution < 1.29 is 13.9 Å². The molecular formula is C17H16FNO2. The molecule has 0 amide bonds. The number of hydrogen-bond acceptors (Lipinski definition) is 3. The van der Waals surface area contributed by atoms with Gasteiger partial charge in [-0.05, 0) is 55.9 Å². The second kappa shape index (κ2) is 4.52. The first-order valence-corrected chi connectivity index (χ1v) is 7.35. The number of pyridine rings is 1. The number of ketones is 1. The molecule has 0 radical (unpaired) electrons. The van der Waals surface area contributed by atoms with E-state index >= 15 is 0 Å². The Balaban J connectivity index is 1.54. The zero-order valence-electron chi connectivity index (χ0n) is 11.8. The van der Waals surface area contributed by atoms with E-state index in [1.165, 1.54) is 12.1 Å². The van der Waals surface area contributed by atoms with Crippen molar-refractivity contribution in [1.29, 1.82) is 0 Å². The molecule has 1 heterocycles. The van der Waals surface area contributed by atoms with Crippen LogP contribution in [0.3, 0.4) is 0 Å². The summed E-state index contributed by atoms with van der Waals surface area (Å²) in [6.07, 6.45) is 3.66. The van der Waals surface area contributed by atoms with Gasteiger partial charge < -0.3 is 4.74 Å². The van der Waals surface area contributed by atoms with E-state index in [0.29, 0.717) is 28.8 Å². The van der Waals surface area contributed by atoms with E-state index < -0.39 is 0 Å². The number of Topliss-reactive ketones (excluding diaryl/α,β-unsaturated/α-hetero) is 1. The smallest absolute Gasteiger partial charge is 0.133 e. The first-order valence-electron chi connectivity index (χ1n) is 7.35. The molecule has 2 aliphatic rings. The lowest BCUT2D eigenvalue weighted by Crippen LogP contribution is -2.17. The Bertz CT molecular complexity index is 718. The third-order valence-electron chi connectivity index (χ3n) is 4.83. The van der Waals surface area contributed by atoms with Crippen LogP contribution >= 0.6 is 0 Å². The number of benzene rings is 1. The number of ether oxygens (including phenoxy) is 1. The van der Waals surface area contributed by atoms with Crippen LogP contribution in [0, 0.1) is 23.6 Å². The Hall–Kier alpha value is -1.97. The maximum absolute atomic E-state index is 13.4. The Morgan fingerprint density at radius 2 is 2.05 bits per heavy atom. The predicted molar refractivity (Wildman–Crippen MR) is 76.5 cm³/mol. The number of fused-ring (bicyclic) bond motifs is 2. The highest BCUT2D eigenvalue weighted by atomic mass is 19.1. The number of carbonyl (C=O) groups is 1. The van der Waals surface area contributed by atoms with Gasteiger partial charge in [-0.15, -0.1) is 0 Å². The fourth-order valence-corrected chi connectivity index (χ4v) is 3.87. The van der Waals surface area contributed by atoms with Gasteiger partial charge in [-0.25, -0.2) is 4.39 Å². The van der Waals surface area contributed by atoms with Crippen molar-refractivity contribution in [2.24, 2.45) is 17.8 Å². The summed E-state index contributed by atoms with van der Waals surface area (Å²) in [5.41, 5.74) is 0.735. The number of carbonyl (C=O) groups excluding carboxylic acids is 1. The van der Waals surface area contributed by atoms with Crippen molar-refractivity contribution in [3.05, 3.63) is 36.3 Å². The summed E-state index contributed by atoms with van der Waals surface area (Å²) in [5.74, 6) is 1.96. The standard InChI is InChI=1S/C17H16FNO2/c1-9(20)17-12-7-11(8-13(12)17)21-16-4-5-19-15-3-2-10(18)6-14(15)16/h2-6,11-13,17H,7-8H2,1H3/t11-,12+,13-,17-. The van der Waals surface area contributed by atoms with E-state index in [1.54, 1.807) is 25.3 Å². The van der Waals surface area contributed by atoms with Crippen molar-refractivity contribution in [2.45, 2.75) is 25.9 Å². The van der Waals surface area contributed by atoms with Crippen LogP contribution in [-0.4, -0.2) is 16.9 Å². The average molecular weight is 285 g/mol. The molecule has 1 aromatic heterocycles. The summed E-state index contributed by atoms with van der Waals surface area (Å²) >= 11 is 0. The molecule has 2 saturated carbocycles. The van der Waals surface area contributed by atoms with Gasteiger partial charge in [-0.2, -0.15) is 0 Å². The number of rotatable bonds is 3. The topological polar surface area (TPSA) is 39.2 Å². The van der Waals surface area contributed by atoms with E-state index in [2.05, 4.69) is 4.98 Å². The molecule has 4 rings (SSSR count). The van der Waals surface area contributed by atoms with E-state index in [1.807, 2.05) is 0 Å². The SMILES string of the molecule is CC(=O)[C@H]1[C@@H]2C[C@H](Oc3ccnc4ccc(F)cc34)C[C@@H]21. The van der Waals surface area contributed by atoms with Crippen LogP contribution in [0.4, 0.5) is 4.39 Å². The molecule has 2 aromatic rings. The van der Waals surface area contributed by atoms with Crippen LogP contribution in [0.2, 0.25) is 0 Å². The lowest BCUT2D eigenvalue weighted by molar-refractivity contribution is -0.119. The average Bonchev–Trinajstić information content (AvgIpc) is 2.97. The van der Waals surface area contributed by atoms with Crippen molar-refractivity contribution >= 4 is 16.7 Å². The highest BCUT2D eigenvalue weighted by Crippen LogP contribution is 2.58. The highest BCUT2D eigenvalue weighted by Gasteiger charge is 2.58. The largest absolute Gasteiger partial charge is 0.490 e. The van der Waals surface area contributed by atoms with Crippen molar-refractivity contribution in [3.8, 4) is 5.75 Å². The third-order valence-corrected chi connectivity index (χ3v) is 4.83. The fourth-order valence-electron chi connectivity index (χ4n) is 3.87. The van der Waals surface area contributed by atoms with Crippen molar-refractivity contribution in [1.82, 2.24) is 4.98 Å². The lowest BCUT2D eigenvalue weighted by atomic mass is 10.1. The van der Waals surface area contributed by atoms with Crippen LogP contribution in [0.25, 0.3) is 10.9 Å². The summed E-state index contributed by atoms with van der Waals surface area (Å²) in [4.78, 5) is 15.6. The van der Waals surface area contributed by atoms with Crippen molar-refractivity contribution in [2.75, 3.05) is 0 Å². The molecule has 4 heteroatoms. The number of hydrogen-bond donors (Lipinski definition) is 0. The summed E-state index contributed by atoms with van der Waals surface area (Å²) in [6, 6.07) is 6.32. The Kier molecular flexibility index (Phi) is 2.74. The molecule has 108 valence electrons. The lowest BCUT2D eigenvalue weighted by Gasteiger charge is -2.17. The van der Waals surface area contributed by atoms with Gasteiger partial charge in [0.2, 0.25) is 0 Å². The van der Waals surface area contributed by atoms with Crippen LogP contribution in [0.5, 0.6) is 5.75 Å². The molecule has 2 aliphatic carbocycles. The van der Waals surface area contributed by atoms with Gasteiger partial charge in [0.25, 0.3) is 0 Å². The molecule has 0 bridgehead atoms. The first kappa shape index (κ1) is 12.7. The molecule has 3 nitrogen and oxygen atoms in total. The monoisotopic (exact) mass is 285 g/mol. The zero-order chi connectivity index (χ0) is 14.6. The number of aromatic nitrogens is 1. The normalized spacial score (nSPS) is 30.2. The highest BCUT2D eigenvalue weighted by molar-refractivity contribution is 5.85. The van der Waals surface area contributed by atoms with Gasteiger partial charge in [0.15, 0.2) is 0 Å². The molecule has 0 aliphatic heterocycles. The summed E-state index contributed by atoms with van der Waals surface area (Å²) < 4.78 is 19.5. The maximum atomic E-state index is 13.4. The summed E-state index contributed by atoms with van der Waals surface area (Å²) in [7, 11) is 0. The van der Waals surface area contributed by atoms with Gasteiger partial charge in [-0.3, -0.25) is 9.78 Å². The third kappa shape index (κ3) is 2.09. The van der Waals surface area contributed by atoms with Crippen LogP contribution < -0.4 is 4.74 Å². The van der Waals surface area contributed by atoms with Crippen LogP contribution in [-0.2, 0) is 4.79 Å². The minimum Gasteiger partial charge on any atom is -0.490 e. The molecule has 4 atom stereocenters. The van der Waals surface area contributed by atoms with E-state index in [-0.39, 0.29) is 17.8 Å². The van der Waals surface area contributed by atoms with Gasteiger partial charge in [0, 0.05) is 17.5 Å². The van der Waals surface area contributed by atoms with Crippen LogP contribution in [0.15, 0.2) is 30.5 Å². The molecule has 0 saturated heterocycles. The molecule has 0 unspecified atom stereocenters. The van der Waals surface area contributed by atoms with Crippen LogP contribution in [0.1, 0.15) is 19.8 Å². The maximum Gasteiger partial charge on any atom is 0.133 e. The minimum atomic E-state index is -0.286. The molecule has 1 aromatic carbocycles. The number of halogens is 1. The summed E-state index contributed by atoms with van der Waals surface area (Å²) in [6.45, 7) is 1.68. The molecule has 21 heavy (non-hydrogen) atoms. The minimum absolute atomic E-state index is 0.129. The van der Waals surface area contributed by atoms with Gasteiger partial charge in [0.1, 0.15) is 17.3 Å². The summed E-state index contributed by atoms with van der Waals surface area (Å²) in [5, 5.41) is 0.709. The Morgan fingerprint density at radius 1 is 1.29 bits per heavy atom. The van der Waals surface area contributed by atoms with E-state index in [9.17, 15) is 9.18 Å². The second-order valence-corrected chi connectivity index (χ2v) is 6.15. The number of nitrogens with zero attached hydrogens (tertiary/aromatic N) is 1. The van der Waals surface area contributed by atoms with Crippen molar-refractivity contribution in [3.63, 3.8) is 0 Å².